The summed E-state index contributed by atoms with van der Waals surface area (Å²) in [5, 5.41) is 4.69. The molecule has 0 aliphatic carbocycles. The maximum absolute atomic E-state index is 13.3. The molecule has 0 radical (unpaired) electrons. The van der Waals surface area contributed by atoms with Crippen LogP contribution in [-0.4, -0.2) is 28.0 Å². The first-order chi connectivity index (χ1) is 12.2. The second kappa shape index (κ2) is 7.15. The first-order valence-electron chi connectivity index (χ1n) is 8.17. The minimum atomic E-state index is -0.260. The standard InChI is InChI=1S/C18H16ClFN4S/c19-18-22-10-7-14(23-18)16-15(11-1-3-13(20)4-2-11)24-17(25-16)12-5-8-21-9-6-12/h1-4,7,10,12,21H,5-6,8-9H2. The van der Waals surface area contributed by atoms with Gasteiger partial charge in [0.15, 0.2) is 0 Å². The van der Waals surface area contributed by atoms with Crippen LogP contribution in [0.2, 0.25) is 5.28 Å². The molecule has 128 valence electrons. The van der Waals surface area contributed by atoms with E-state index in [1.807, 2.05) is 6.07 Å². The summed E-state index contributed by atoms with van der Waals surface area (Å²) >= 11 is 7.62. The lowest BCUT2D eigenvalue weighted by Gasteiger charge is -2.20. The molecule has 4 rings (SSSR count). The van der Waals surface area contributed by atoms with E-state index in [2.05, 4.69) is 15.3 Å². The smallest absolute Gasteiger partial charge is 0.222 e. The molecule has 0 bridgehead atoms. The van der Waals surface area contributed by atoms with Crippen LogP contribution in [0.3, 0.4) is 0 Å². The van der Waals surface area contributed by atoms with Crippen molar-refractivity contribution >= 4 is 22.9 Å². The van der Waals surface area contributed by atoms with E-state index in [0.717, 1.165) is 52.8 Å². The van der Waals surface area contributed by atoms with E-state index in [4.69, 9.17) is 16.6 Å². The van der Waals surface area contributed by atoms with Gasteiger partial charge in [0.2, 0.25) is 5.28 Å². The molecule has 1 fully saturated rings. The highest BCUT2D eigenvalue weighted by Crippen LogP contribution is 2.40. The van der Waals surface area contributed by atoms with E-state index in [0.29, 0.717) is 5.92 Å². The molecule has 3 heterocycles. The zero-order valence-electron chi connectivity index (χ0n) is 13.4. The fourth-order valence-electron chi connectivity index (χ4n) is 3.02. The number of nitrogens with one attached hydrogen (secondary N) is 1. The molecular formula is C18H16ClFN4S. The molecule has 1 N–H and O–H groups in total. The topological polar surface area (TPSA) is 50.7 Å². The third kappa shape index (κ3) is 3.56. The highest BCUT2D eigenvalue weighted by Gasteiger charge is 2.23. The molecule has 0 atom stereocenters. The van der Waals surface area contributed by atoms with Crippen molar-refractivity contribution in [3.63, 3.8) is 0 Å². The molecule has 1 aliphatic rings. The number of benzene rings is 1. The van der Waals surface area contributed by atoms with Gasteiger partial charge in [-0.25, -0.2) is 19.3 Å². The summed E-state index contributed by atoms with van der Waals surface area (Å²) in [5.41, 5.74) is 2.45. The number of aromatic nitrogens is 3. The Labute approximate surface area is 154 Å². The van der Waals surface area contributed by atoms with Gasteiger partial charge in [0.25, 0.3) is 0 Å². The molecule has 0 amide bonds. The van der Waals surface area contributed by atoms with Crippen LogP contribution in [-0.2, 0) is 0 Å². The molecule has 4 nitrogen and oxygen atoms in total. The number of nitrogens with zero attached hydrogens (tertiary/aromatic N) is 3. The minimum Gasteiger partial charge on any atom is -0.317 e. The van der Waals surface area contributed by atoms with Crippen molar-refractivity contribution in [2.45, 2.75) is 18.8 Å². The van der Waals surface area contributed by atoms with Crippen LogP contribution < -0.4 is 5.32 Å². The van der Waals surface area contributed by atoms with Gasteiger partial charge in [-0.15, -0.1) is 11.3 Å². The van der Waals surface area contributed by atoms with Gasteiger partial charge < -0.3 is 5.32 Å². The van der Waals surface area contributed by atoms with Gasteiger partial charge in [-0.05, 0) is 67.9 Å². The molecule has 3 aromatic rings. The molecule has 0 unspecified atom stereocenters. The predicted molar refractivity (Wildman–Crippen MR) is 98.4 cm³/mol. The van der Waals surface area contributed by atoms with Gasteiger partial charge in [-0.1, -0.05) is 0 Å². The van der Waals surface area contributed by atoms with Crippen molar-refractivity contribution in [2.75, 3.05) is 13.1 Å². The summed E-state index contributed by atoms with van der Waals surface area (Å²) in [6, 6.07) is 8.25. The number of halogens is 2. The van der Waals surface area contributed by atoms with Crippen molar-refractivity contribution in [1.82, 2.24) is 20.3 Å². The van der Waals surface area contributed by atoms with Gasteiger partial charge in [-0.2, -0.15) is 0 Å². The average molecular weight is 375 g/mol. The Morgan fingerprint density at radius 2 is 1.84 bits per heavy atom. The first kappa shape index (κ1) is 16.6. The monoisotopic (exact) mass is 374 g/mol. The van der Waals surface area contributed by atoms with Crippen LogP contribution in [0.15, 0.2) is 36.5 Å². The van der Waals surface area contributed by atoms with Gasteiger partial charge in [-0.3, -0.25) is 0 Å². The molecule has 2 aromatic heterocycles. The van der Waals surface area contributed by atoms with Gasteiger partial charge >= 0.3 is 0 Å². The van der Waals surface area contributed by atoms with Crippen molar-refractivity contribution in [1.29, 1.82) is 0 Å². The third-order valence-corrected chi connectivity index (χ3v) is 5.73. The Morgan fingerprint density at radius 1 is 1.08 bits per heavy atom. The molecule has 0 spiro atoms. The van der Waals surface area contributed by atoms with Crippen molar-refractivity contribution in [2.24, 2.45) is 0 Å². The molecule has 0 saturated carbocycles. The van der Waals surface area contributed by atoms with Crippen LogP contribution in [0.4, 0.5) is 4.39 Å². The molecule has 1 saturated heterocycles. The maximum atomic E-state index is 13.3. The number of hydrogen-bond donors (Lipinski definition) is 1. The number of thiazole rings is 1. The van der Waals surface area contributed by atoms with Crippen LogP contribution in [0.5, 0.6) is 0 Å². The fourth-order valence-corrected chi connectivity index (χ4v) is 4.39. The summed E-state index contributed by atoms with van der Waals surface area (Å²) in [6.45, 7) is 2.01. The van der Waals surface area contributed by atoms with Crippen molar-refractivity contribution in [3.8, 4) is 21.8 Å². The second-order valence-electron chi connectivity index (χ2n) is 5.97. The Balaban J connectivity index is 1.82. The first-order valence-corrected chi connectivity index (χ1v) is 9.36. The van der Waals surface area contributed by atoms with Crippen LogP contribution in [0.1, 0.15) is 23.8 Å². The lowest BCUT2D eigenvalue weighted by atomic mass is 9.99. The van der Waals surface area contributed by atoms with Crippen LogP contribution in [0, 0.1) is 5.82 Å². The lowest BCUT2D eigenvalue weighted by Crippen LogP contribution is -2.26. The third-order valence-electron chi connectivity index (χ3n) is 4.31. The summed E-state index contributed by atoms with van der Waals surface area (Å²) in [4.78, 5) is 14.2. The van der Waals surface area contributed by atoms with Crippen LogP contribution in [0.25, 0.3) is 21.8 Å². The van der Waals surface area contributed by atoms with Gasteiger partial charge in [0.1, 0.15) is 5.82 Å². The zero-order valence-corrected chi connectivity index (χ0v) is 14.9. The summed E-state index contributed by atoms with van der Waals surface area (Å²) in [5.74, 6) is 0.181. The molecular weight excluding hydrogens is 359 g/mol. The van der Waals surface area contributed by atoms with E-state index in [1.165, 1.54) is 12.1 Å². The van der Waals surface area contributed by atoms with Gasteiger partial charge in [0.05, 0.1) is 21.3 Å². The zero-order chi connectivity index (χ0) is 17.2. The van der Waals surface area contributed by atoms with E-state index < -0.39 is 0 Å². The van der Waals surface area contributed by atoms with Crippen LogP contribution >= 0.6 is 22.9 Å². The predicted octanol–water partition coefficient (Wildman–Crippen LogP) is 4.53. The Kier molecular flexibility index (Phi) is 4.74. The molecule has 1 aromatic carbocycles. The normalized spacial score (nSPS) is 15.4. The maximum Gasteiger partial charge on any atom is 0.222 e. The largest absolute Gasteiger partial charge is 0.317 e. The van der Waals surface area contributed by atoms with Gasteiger partial charge in [0, 0.05) is 17.7 Å². The minimum absolute atomic E-state index is 0.208. The van der Waals surface area contributed by atoms with Crippen molar-refractivity contribution < 1.29 is 4.39 Å². The number of piperidine rings is 1. The van der Waals surface area contributed by atoms with E-state index in [1.54, 1.807) is 29.7 Å². The molecule has 7 heteroatoms. The SMILES string of the molecule is Fc1ccc(-c2nc(C3CCNCC3)sc2-c2ccnc(Cl)n2)cc1. The fraction of sp³-hybridized carbons (Fsp3) is 0.278. The van der Waals surface area contributed by atoms with E-state index >= 15 is 0 Å². The lowest BCUT2D eigenvalue weighted by molar-refractivity contribution is 0.459. The molecule has 25 heavy (non-hydrogen) atoms. The Morgan fingerprint density at radius 3 is 2.56 bits per heavy atom. The van der Waals surface area contributed by atoms with E-state index in [-0.39, 0.29) is 11.1 Å². The second-order valence-corrected chi connectivity index (χ2v) is 7.34. The Bertz CT molecular complexity index is 875. The quantitative estimate of drug-likeness (QED) is 0.684. The van der Waals surface area contributed by atoms with Crippen molar-refractivity contribution in [3.05, 3.63) is 52.6 Å². The highest BCUT2D eigenvalue weighted by molar-refractivity contribution is 7.15. The average Bonchev–Trinajstić information content (AvgIpc) is 3.08. The summed E-state index contributed by atoms with van der Waals surface area (Å²) in [7, 11) is 0. The number of hydrogen-bond acceptors (Lipinski definition) is 5. The summed E-state index contributed by atoms with van der Waals surface area (Å²) < 4.78 is 13.3. The van der Waals surface area contributed by atoms with E-state index in [9.17, 15) is 4.39 Å². The number of rotatable bonds is 3. The Hall–Kier alpha value is -1.89. The highest BCUT2D eigenvalue weighted by atomic mass is 35.5. The summed E-state index contributed by atoms with van der Waals surface area (Å²) in [6.07, 6.45) is 3.78. The molecule has 1 aliphatic heterocycles.